The van der Waals surface area contributed by atoms with E-state index in [-0.39, 0.29) is 22.8 Å². The molecule has 0 amide bonds. The van der Waals surface area contributed by atoms with Crippen LogP contribution in [0.3, 0.4) is 0 Å². The molecule has 0 saturated carbocycles. The van der Waals surface area contributed by atoms with E-state index >= 15 is 0 Å². The van der Waals surface area contributed by atoms with Gasteiger partial charge in [-0.05, 0) is 80.9 Å². The maximum absolute atomic E-state index is 12.4. The standard InChI is InChI=1S/C23H28BrNO2.BrH/c1-2-3-16-25-17-6-4-5-7-18-27-22-14-10-20(11-15-22)23(26)19-8-12-21(24)13-9-19;/h2,8-15,25H,1,3-7,16-18H2;1H. The number of nitrogens with one attached hydrogen (secondary N) is 1. The third kappa shape index (κ3) is 9.18. The van der Waals surface area contributed by atoms with Gasteiger partial charge in [-0.1, -0.05) is 34.8 Å². The molecule has 0 unspecified atom stereocenters. The lowest BCUT2D eigenvalue weighted by atomic mass is 10.0. The Morgan fingerprint density at radius 2 is 1.54 bits per heavy atom. The SMILES string of the molecule is Br.C=CCCNCCCCCCOc1ccc(C(=O)c2ccc(Br)cc2)cc1. The van der Waals surface area contributed by atoms with Gasteiger partial charge in [-0.2, -0.15) is 0 Å². The predicted octanol–water partition coefficient (Wildman–Crippen LogP) is 6.36. The van der Waals surface area contributed by atoms with E-state index in [4.69, 9.17) is 4.74 Å². The van der Waals surface area contributed by atoms with Crippen molar-refractivity contribution in [3.63, 3.8) is 0 Å². The van der Waals surface area contributed by atoms with Crippen LogP contribution < -0.4 is 10.1 Å². The fraction of sp³-hybridized carbons (Fsp3) is 0.348. The smallest absolute Gasteiger partial charge is 0.193 e. The van der Waals surface area contributed by atoms with Crippen LogP contribution in [0.15, 0.2) is 65.7 Å². The maximum Gasteiger partial charge on any atom is 0.193 e. The van der Waals surface area contributed by atoms with Crippen molar-refractivity contribution in [1.82, 2.24) is 5.32 Å². The van der Waals surface area contributed by atoms with Crippen LogP contribution in [0, 0.1) is 0 Å². The number of rotatable bonds is 13. The minimum atomic E-state index is 0. The molecule has 0 aliphatic heterocycles. The Bertz CT molecular complexity index is 700. The molecule has 2 aromatic carbocycles. The Kier molecular flexibility index (Phi) is 12.8. The molecule has 1 N–H and O–H groups in total. The zero-order chi connectivity index (χ0) is 19.3. The average molecular weight is 511 g/mol. The number of ketones is 1. The lowest BCUT2D eigenvalue weighted by Crippen LogP contribution is -2.15. The number of hydrogen-bond donors (Lipinski definition) is 1. The number of carbonyl (C=O) groups is 1. The highest BCUT2D eigenvalue weighted by molar-refractivity contribution is 9.10. The minimum Gasteiger partial charge on any atom is -0.494 e. The number of ether oxygens (including phenoxy) is 1. The molecule has 5 heteroatoms. The molecule has 0 heterocycles. The van der Waals surface area contributed by atoms with Crippen molar-refractivity contribution >= 4 is 38.7 Å². The first-order valence-corrected chi connectivity index (χ1v) is 10.3. The molecule has 2 rings (SSSR count). The van der Waals surface area contributed by atoms with Crippen LogP contribution in [0.4, 0.5) is 0 Å². The van der Waals surface area contributed by atoms with Crippen molar-refractivity contribution in [3.05, 3.63) is 76.8 Å². The molecule has 0 radical (unpaired) electrons. The molecule has 0 aromatic heterocycles. The van der Waals surface area contributed by atoms with Crippen LogP contribution in [0.25, 0.3) is 0 Å². The van der Waals surface area contributed by atoms with Gasteiger partial charge in [0.1, 0.15) is 5.75 Å². The summed E-state index contributed by atoms with van der Waals surface area (Å²) < 4.78 is 6.74. The molecule has 152 valence electrons. The summed E-state index contributed by atoms with van der Waals surface area (Å²) in [6.07, 6.45) is 7.60. The fourth-order valence-corrected chi connectivity index (χ4v) is 2.96. The van der Waals surface area contributed by atoms with Gasteiger partial charge in [0.25, 0.3) is 0 Å². The first-order chi connectivity index (χ1) is 13.2. The monoisotopic (exact) mass is 509 g/mol. The van der Waals surface area contributed by atoms with E-state index in [1.807, 2.05) is 54.6 Å². The Balaban J connectivity index is 0.00000392. The van der Waals surface area contributed by atoms with Crippen LogP contribution in [-0.4, -0.2) is 25.5 Å². The molecule has 0 saturated heterocycles. The van der Waals surface area contributed by atoms with Gasteiger partial charge in [0, 0.05) is 15.6 Å². The first kappa shape index (κ1) is 24.6. The molecular formula is C23H29Br2NO2. The van der Waals surface area contributed by atoms with Gasteiger partial charge in [0.15, 0.2) is 5.78 Å². The number of unbranched alkanes of at least 4 members (excludes halogenated alkanes) is 3. The molecule has 0 aliphatic rings. The van der Waals surface area contributed by atoms with Gasteiger partial charge in [-0.15, -0.1) is 23.6 Å². The van der Waals surface area contributed by atoms with Gasteiger partial charge in [0.2, 0.25) is 0 Å². The van der Waals surface area contributed by atoms with Crippen LogP contribution in [0.5, 0.6) is 5.75 Å². The first-order valence-electron chi connectivity index (χ1n) is 9.55. The third-order valence-corrected chi connectivity index (χ3v) is 4.79. The van der Waals surface area contributed by atoms with Crippen molar-refractivity contribution in [3.8, 4) is 5.75 Å². The largest absolute Gasteiger partial charge is 0.494 e. The van der Waals surface area contributed by atoms with E-state index in [9.17, 15) is 4.79 Å². The lowest BCUT2D eigenvalue weighted by Gasteiger charge is -2.08. The molecule has 28 heavy (non-hydrogen) atoms. The summed E-state index contributed by atoms with van der Waals surface area (Å²) in [5.74, 6) is 0.837. The van der Waals surface area contributed by atoms with Gasteiger partial charge in [-0.25, -0.2) is 0 Å². The summed E-state index contributed by atoms with van der Waals surface area (Å²) in [5, 5.41) is 3.40. The third-order valence-electron chi connectivity index (χ3n) is 4.26. The van der Waals surface area contributed by atoms with Gasteiger partial charge >= 0.3 is 0 Å². The van der Waals surface area contributed by atoms with Crippen LogP contribution in [0.1, 0.15) is 48.0 Å². The van der Waals surface area contributed by atoms with E-state index < -0.39 is 0 Å². The van der Waals surface area contributed by atoms with Crippen molar-refractivity contribution in [2.45, 2.75) is 32.1 Å². The predicted molar refractivity (Wildman–Crippen MR) is 126 cm³/mol. The number of halogens is 2. The quantitative estimate of drug-likeness (QED) is 0.193. The summed E-state index contributed by atoms with van der Waals surface area (Å²) in [4.78, 5) is 12.4. The Labute approximate surface area is 187 Å². The van der Waals surface area contributed by atoms with Crippen molar-refractivity contribution in [2.24, 2.45) is 0 Å². The molecular weight excluding hydrogens is 482 g/mol. The number of benzene rings is 2. The topological polar surface area (TPSA) is 38.3 Å². The highest BCUT2D eigenvalue weighted by Gasteiger charge is 2.08. The summed E-state index contributed by atoms with van der Waals surface area (Å²) in [6.45, 7) is 6.52. The molecule has 3 nitrogen and oxygen atoms in total. The fourth-order valence-electron chi connectivity index (χ4n) is 2.70. The van der Waals surface area contributed by atoms with Gasteiger partial charge < -0.3 is 10.1 Å². The van der Waals surface area contributed by atoms with E-state index in [0.29, 0.717) is 17.7 Å². The van der Waals surface area contributed by atoms with Crippen LogP contribution in [0.2, 0.25) is 0 Å². The molecule has 0 atom stereocenters. The summed E-state index contributed by atoms with van der Waals surface area (Å²) >= 11 is 3.38. The summed E-state index contributed by atoms with van der Waals surface area (Å²) in [5.41, 5.74) is 1.36. The van der Waals surface area contributed by atoms with E-state index in [1.54, 1.807) is 0 Å². The minimum absolute atomic E-state index is 0. The van der Waals surface area contributed by atoms with Crippen molar-refractivity contribution in [2.75, 3.05) is 19.7 Å². The van der Waals surface area contributed by atoms with E-state index in [2.05, 4.69) is 27.8 Å². The highest BCUT2D eigenvalue weighted by Crippen LogP contribution is 2.17. The molecule has 0 fully saturated rings. The van der Waals surface area contributed by atoms with Gasteiger partial charge in [0.05, 0.1) is 6.61 Å². The Morgan fingerprint density at radius 1 is 0.929 bits per heavy atom. The summed E-state index contributed by atoms with van der Waals surface area (Å²) in [7, 11) is 0. The molecule has 2 aromatic rings. The molecule has 0 aliphatic carbocycles. The molecule has 0 bridgehead atoms. The maximum atomic E-state index is 12.4. The van der Waals surface area contributed by atoms with Crippen molar-refractivity contribution in [1.29, 1.82) is 0 Å². The highest BCUT2D eigenvalue weighted by atomic mass is 79.9. The second-order valence-corrected chi connectivity index (χ2v) is 7.37. The zero-order valence-electron chi connectivity index (χ0n) is 16.2. The number of carbonyl (C=O) groups excluding carboxylic acids is 1. The Morgan fingerprint density at radius 3 is 2.18 bits per heavy atom. The molecule has 0 spiro atoms. The van der Waals surface area contributed by atoms with E-state index in [1.165, 1.54) is 19.3 Å². The van der Waals surface area contributed by atoms with Crippen molar-refractivity contribution < 1.29 is 9.53 Å². The van der Waals surface area contributed by atoms with Crippen LogP contribution >= 0.6 is 32.9 Å². The Hall–Kier alpha value is -1.43. The zero-order valence-corrected chi connectivity index (χ0v) is 19.5. The second-order valence-electron chi connectivity index (χ2n) is 6.45. The lowest BCUT2D eigenvalue weighted by molar-refractivity contribution is 0.103. The number of hydrogen-bond acceptors (Lipinski definition) is 3. The van der Waals surface area contributed by atoms with Gasteiger partial charge in [-0.3, -0.25) is 4.79 Å². The second kappa shape index (κ2) is 14.6. The summed E-state index contributed by atoms with van der Waals surface area (Å²) in [6, 6.07) is 14.8. The normalized spacial score (nSPS) is 10.2. The average Bonchev–Trinajstić information content (AvgIpc) is 2.70. The van der Waals surface area contributed by atoms with E-state index in [0.717, 1.165) is 36.2 Å². The van der Waals surface area contributed by atoms with Crippen LogP contribution in [-0.2, 0) is 0 Å².